The van der Waals surface area contributed by atoms with Crippen molar-refractivity contribution in [2.45, 2.75) is 45.1 Å². The molecule has 1 saturated carbocycles. The lowest BCUT2D eigenvalue weighted by Crippen LogP contribution is -2.54. The average Bonchev–Trinajstić information content (AvgIpc) is 2.78. The van der Waals surface area contributed by atoms with Gasteiger partial charge in [-0.2, -0.15) is 0 Å². The Balaban J connectivity index is 1.68. The largest absolute Gasteiger partial charge is 0.325 e. The van der Waals surface area contributed by atoms with Gasteiger partial charge < -0.3 is 10.6 Å². The number of carbonyl (C=O) groups excluding carboxylic acids is 3. The highest BCUT2D eigenvalue weighted by molar-refractivity contribution is 6.10. The quantitative estimate of drug-likeness (QED) is 0.836. The Hall–Kier alpha value is -2.37. The lowest BCUT2D eigenvalue weighted by molar-refractivity contribution is -0.136. The number of carbonyl (C=O) groups is 3. The molecule has 1 aromatic carbocycles. The molecule has 1 aromatic rings. The molecule has 2 aliphatic rings. The molecule has 24 heavy (non-hydrogen) atoms. The fourth-order valence-electron chi connectivity index (χ4n) is 3.62. The van der Waals surface area contributed by atoms with E-state index in [0.717, 1.165) is 29.7 Å². The van der Waals surface area contributed by atoms with E-state index in [1.54, 1.807) is 12.1 Å². The summed E-state index contributed by atoms with van der Waals surface area (Å²) < 4.78 is 0. The minimum atomic E-state index is -0.820. The molecule has 2 N–H and O–H groups in total. The molecule has 1 spiro atoms. The fourth-order valence-corrected chi connectivity index (χ4v) is 3.62. The number of imide groups is 1. The number of anilines is 1. The minimum absolute atomic E-state index is 0.0906. The molecule has 128 valence electrons. The van der Waals surface area contributed by atoms with Crippen LogP contribution in [0, 0.1) is 12.8 Å². The van der Waals surface area contributed by atoms with Crippen LogP contribution in [0.2, 0.25) is 0 Å². The van der Waals surface area contributed by atoms with E-state index in [2.05, 4.69) is 10.6 Å². The lowest BCUT2D eigenvalue weighted by Gasteiger charge is -2.36. The summed E-state index contributed by atoms with van der Waals surface area (Å²) in [6.07, 6.45) is 3.55. The van der Waals surface area contributed by atoms with E-state index in [9.17, 15) is 14.4 Å². The molecule has 0 radical (unpaired) electrons. The molecule has 1 aliphatic carbocycles. The standard InChI is InChI=1S/C18H23N3O3/c1-12-6-8-14(9-7-12)19-15(22)11-21-16(23)18(20-17(21)24)10-4-3-5-13(18)2/h6-9,13H,3-5,10-11H2,1-2H3,(H,19,22)(H,20,24). The third-order valence-electron chi connectivity index (χ3n) is 5.14. The Bertz CT molecular complexity index is 671. The second kappa shape index (κ2) is 6.26. The van der Waals surface area contributed by atoms with E-state index in [0.29, 0.717) is 12.1 Å². The van der Waals surface area contributed by atoms with E-state index < -0.39 is 11.6 Å². The highest BCUT2D eigenvalue weighted by Crippen LogP contribution is 2.38. The van der Waals surface area contributed by atoms with E-state index in [-0.39, 0.29) is 24.3 Å². The van der Waals surface area contributed by atoms with Gasteiger partial charge in [-0.25, -0.2) is 4.79 Å². The summed E-state index contributed by atoms with van der Waals surface area (Å²) in [6, 6.07) is 6.91. The van der Waals surface area contributed by atoms with Crippen LogP contribution in [0.3, 0.4) is 0 Å². The van der Waals surface area contributed by atoms with Gasteiger partial charge in [0, 0.05) is 5.69 Å². The van der Waals surface area contributed by atoms with Crippen LogP contribution in [0.4, 0.5) is 10.5 Å². The zero-order valence-electron chi connectivity index (χ0n) is 14.1. The molecule has 6 heteroatoms. The first-order chi connectivity index (χ1) is 11.4. The van der Waals surface area contributed by atoms with Crippen LogP contribution in [0.5, 0.6) is 0 Å². The van der Waals surface area contributed by atoms with Crippen LogP contribution in [-0.4, -0.2) is 34.8 Å². The van der Waals surface area contributed by atoms with Crippen molar-refractivity contribution in [3.05, 3.63) is 29.8 Å². The molecule has 4 amide bonds. The monoisotopic (exact) mass is 329 g/mol. The Morgan fingerprint density at radius 3 is 2.67 bits per heavy atom. The topological polar surface area (TPSA) is 78.5 Å². The maximum absolute atomic E-state index is 12.8. The van der Waals surface area contributed by atoms with E-state index in [4.69, 9.17) is 0 Å². The predicted molar refractivity (Wildman–Crippen MR) is 90.4 cm³/mol. The van der Waals surface area contributed by atoms with Crippen molar-refractivity contribution < 1.29 is 14.4 Å². The summed E-state index contributed by atoms with van der Waals surface area (Å²) in [4.78, 5) is 38.3. The normalized spacial score (nSPS) is 26.6. The summed E-state index contributed by atoms with van der Waals surface area (Å²) in [5, 5.41) is 5.58. The predicted octanol–water partition coefficient (Wildman–Crippen LogP) is 2.43. The molecule has 0 bridgehead atoms. The summed E-state index contributed by atoms with van der Waals surface area (Å²) in [6.45, 7) is 3.70. The zero-order chi connectivity index (χ0) is 17.3. The second-order valence-electron chi connectivity index (χ2n) is 6.85. The molecule has 1 saturated heterocycles. The van der Waals surface area contributed by atoms with Gasteiger partial charge in [-0.3, -0.25) is 14.5 Å². The number of hydrogen-bond donors (Lipinski definition) is 2. The smallest absolute Gasteiger partial charge is 0.325 e. The van der Waals surface area contributed by atoms with Crippen molar-refractivity contribution in [2.75, 3.05) is 11.9 Å². The Morgan fingerprint density at radius 2 is 2.00 bits per heavy atom. The first-order valence-electron chi connectivity index (χ1n) is 8.43. The van der Waals surface area contributed by atoms with E-state index in [1.807, 2.05) is 26.0 Å². The van der Waals surface area contributed by atoms with E-state index >= 15 is 0 Å². The van der Waals surface area contributed by atoms with Crippen molar-refractivity contribution in [1.82, 2.24) is 10.2 Å². The molecule has 1 heterocycles. The van der Waals surface area contributed by atoms with Gasteiger partial charge in [-0.1, -0.05) is 37.5 Å². The summed E-state index contributed by atoms with van der Waals surface area (Å²) in [7, 11) is 0. The highest BCUT2D eigenvalue weighted by atomic mass is 16.2. The number of aryl methyl sites for hydroxylation is 1. The third kappa shape index (κ3) is 2.88. The van der Waals surface area contributed by atoms with Crippen molar-refractivity contribution in [3.8, 4) is 0 Å². The Labute approximate surface area is 141 Å². The second-order valence-corrected chi connectivity index (χ2v) is 6.85. The molecular formula is C18H23N3O3. The lowest BCUT2D eigenvalue weighted by atomic mass is 9.73. The molecule has 2 unspecified atom stereocenters. The summed E-state index contributed by atoms with van der Waals surface area (Å²) >= 11 is 0. The average molecular weight is 329 g/mol. The fraction of sp³-hybridized carbons (Fsp3) is 0.500. The number of nitrogens with zero attached hydrogens (tertiary/aromatic N) is 1. The van der Waals surface area contributed by atoms with Crippen LogP contribution in [-0.2, 0) is 9.59 Å². The highest BCUT2D eigenvalue weighted by Gasteiger charge is 2.55. The van der Waals surface area contributed by atoms with Crippen molar-refractivity contribution in [3.63, 3.8) is 0 Å². The Morgan fingerprint density at radius 1 is 1.29 bits per heavy atom. The third-order valence-corrected chi connectivity index (χ3v) is 5.14. The van der Waals surface area contributed by atoms with Gasteiger partial charge in [0.05, 0.1) is 0 Å². The maximum Gasteiger partial charge on any atom is 0.325 e. The number of amides is 4. The van der Waals surface area contributed by atoms with Gasteiger partial charge in [0.25, 0.3) is 5.91 Å². The molecule has 6 nitrogen and oxygen atoms in total. The number of nitrogens with one attached hydrogen (secondary N) is 2. The molecule has 0 aromatic heterocycles. The summed E-state index contributed by atoms with van der Waals surface area (Å²) in [5.74, 6) is -0.547. The molecule has 1 aliphatic heterocycles. The molecule has 2 fully saturated rings. The summed E-state index contributed by atoms with van der Waals surface area (Å²) in [5.41, 5.74) is 0.924. The number of hydrogen-bond acceptors (Lipinski definition) is 3. The van der Waals surface area contributed by atoms with Crippen LogP contribution in [0.25, 0.3) is 0 Å². The number of rotatable bonds is 3. The van der Waals surface area contributed by atoms with Crippen LogP contribution >= 0.6 is 0 Å². The number of benzene rings is 1. The maximum atomic E-state index is 12.8. The van der Waals surface area contributed by atoms with Crippen LogP contribution in [0.1, 0.15) is 38.2 Å². The van der Waals surface area contributed by atoms with E-state index in [1.165, 1.54) is 0 Å². The van der Waals surface area contributed by atoms with Crippen molar-refractivity contribution >= 4 is 23.5 Å². The number of urea groups is 1. The van der Waals surface area contributed by atoms with Gasteiger partial charge in [0.1, 0.15) is 12.1 Å². The van der Waals surface area contributed by atoms with Gasteiger partial charge >= 0.3 is 6.03 Å². The van der Waals surface area contributed by atoms with Crippen LogP contribution < -0.4 is 10.6 Å². The first kappa shape index (κ1) is 16.5. The van der Waals surface area contributed by atoms with Crippen molar-refractivity contribution in [1.29, 1.82) is 0 Å². The molecule has 2 atom stereocenters. The van der Waals surface area contributed by atoms with Gasteiger partial charge in [-0.15, -0.1) is 0 Å². The minimum Gasteiger partial charge on any atom is -0.325 e. The molecular weight excluding hydrogens is 306 g/mol. The van der Waals surface area contributed by atoms with Gasteiger partial charge in [0.15, 0.2) is 0 Å². The molecule has 3 rings (SSSR count). The van der Waals surface area contributed by atoms with Crippen LogP contribution in [0.15, 0.2) is 24.3 Å². The van der Waals surface area contributed by atoms with Gasteiger partial charge in [-0.05, 0) is 37.8 Å². The first-order valence-corrected chi connectivity index (χ1v) is 8.43. The Kier molecular flexibility index (Phi) is 4.30. The SMILES string of the molecule is Cc1ccc(NC(=O)CN2C(=O)NC3(CCCCC3C)C2=O)cc1. The zero-order valence-corrected chi connectivity index (χ0v) is 14.1. The van der Waals surface area contributed by atoms with Gasteiger partial charge in [0.2, 0.25) is 5.91 Å². The van der Waals surface area contributed by atoms with Crippen molar-refractivity contribution in [2.24, 2.45) is 5.92 Å².